The highest BCUT2D eigenvalue weighted by molar-refractivity contribution is 5.57. The molecule has 1 unspecified atom stereocenters. The van der Waals surface area contributed by atoms with Gasteiger partial charge in [0.2, 0.25) is 0 Å². The van der Waals surface area contributed by atoms with Crippen LogP contribution in [-0.4, -0.2) is 30.3 Å². The number of piperidine rings is 1. The van der Waals surface area contributed by atoms with Gasteiger partial charge in [0.15, 0.2) is 0 Å². The fourth-order valence-electron chi connectivity index (χ4n) is 1.74. The summed E-state index contributed by atoms with van der Waals surface area (Å²) in [6, 6.07) is 0.226. The third-order valence-electron chi connectivity index (χ3n) is 2.33. The summed E-state index contributed by atoms with van der Waals surface area (Å²) in [5.41, 5.74) is 0. The van der Waals surface area contributed by atoms with Gasteiger partial charge in [-0.05, 0) is 32.4 Å². The molecule has 0 spiro atoms. The highest BCUT2D eigenvalue weighted by Gasteiger charge is 2.19. The quantitative estimate of drug-likeness (QED) is 0.630. The number of rotatable bonds is 3. The SMILES string of the molecule is CC.CCCN1CCCCC1C=O. The molecule has 1 heterocycles. The molecule has 1 saturated heterocycles. The van der Waals surface area contributed by atoms with E-state index in [9.17, 15) is 4.79 Å². The molecular weight excluding hydrogens is 162 g/mol. The third-order valence-corrected chi connectivity index (χ3v) is 2.33. The minimum Gasteiger partial charge on any atom is -0.302 e. The molecule has 1 aliphatic heterocycles. The van der Waals surface area contributed by atoms with Crippen molar-refractivity contribution >= 4 is 6.29 Å². The molecule has 0 amide bonds. The van der Waals surface area contributed by atoms with E-state index in [-0.39, 0.29) is 6.04 Å². The van der Waals surface area contributed by atoms with E-state index in [4.69, 9.17) is 0 Å². The predicted octanol–water partition coefficient (Wildman–Crippen LogP) is 2.48. The standard InChI is InChI=1S/C9H17NO.C2H6/c1-2-6-10-7-4-3-5-9(10)8-11;1-2/h8-9H,2-7H2,1H3;1-2H3. The van der Waals surface area contributed by atoms with Gasteiger partial charge in [-0.15, -0.1) is 0 Å². The molecule has 0 radical (unpaired) electrons. The molecular formula is C11H23NO. The van der Waals surface area contributed by atoms with Gasteiger partial charge in [-0.25, -0.2) is 0 Å². The average molecular weight is 185 g/mol. The molecule has 2 nitrogen and oxygen atoms in total. The number of aldehydes is 1. The van der Waals surface area contributed by atoms with Crippen LogP contribution in [0.5, 0.6) is 0 Å². The van der Waals surface area contributed by atoms with Crippen molar-refractivity contribution in [2.75, 3.05) is 13.1 Å². The van der Waals surface area contributed by atoms with E-state index in [0.717, 1.165) is 32.2 Å². The Labute approximate surface area is 82.3 Å². The Bertz CT molecular complexity index is 123. The number of carbonyl (C=O) groups is 1. The molecule has 0 N–H and O–H groups in total. The third kappa shape index (κ3) is 4.41. The van der Waals surface area contributed by atoms with Crippen LogP contribution < -0.4 is 0 Å². The molecule has 1 rings (SSSR count). The molecule has 1 atom stereocenters. The van der Waals surface area contributed by atoms with Crippen LogP contribution in [0.2, 0.25) is 0 Å². The lowest BCUT2D eigenvalue weighted by Gasteiger charge is -2.31. The first-order valence-electron chi connectivity index (χ1n) is 5.58. The summed E-state index contributed by atoms with van der Waals surface area (Å²) in [6.07, 6.45) is 5.83. The maximum atomic E-state index is 10.6. The molecule has 0 aromatic heterocycles. The first kappa shape index (κ1) is 12.6. The van der Waals surface area contributed by atoms with Crippen molar-refractivity contribution in [3.05, 3.63) is 0 Å². The Balaban J connectivity index is 0.000000671. The lowest BCUT2D eigenvalue weighted by Crippen LogP contribution is -2.40. The summed E-state index contributed by atoms with van der Waals surface area (Å²) >= 11 is 0. The van der Waals surface area contributed by atoms with Crippen molar-refractivity contribution < 1.29 is 4.79 Å². The van der Waals surface area contributed by atoms with Crippen LogP contribution in [0.1, 0.15) is 46.5 Å². The molecule has 2 heteroatoms. The van der Waals surface area contributed by atoms with Crippen molar-refractivity contribution in [1.82, 2.24) is 4.90 Å². The highest BCUT2D eigenvalue weighted by Crippen LogP contribution is 2.14. The Kier molecular flexibility index (Phi) is 8.00. The molecule has 78 valence electrons. The van der Waals surface area contributed by atoms with E-state index in [0.29, 0.717) is 0 Å². The first-order valence-corrected chi connectivity index (χ1v) is 5.58. The van der Waals surface area contributed by atoms with E-state index >= 15 is 0 Å². The number of hydrogen-bond donors (Lipinski definition) is 0. The normalized spacial score (nSPS) is 23.2. The van der Waals surface area contributed by atoms with E-state index in [1.54, 1.807) is 0 Å². The maximum Gasteiger partial charge on any atom is 0.137 e. The highest BCUT2D eigenvalue weighted by atomic mass is 16.1. The number of likely N-dealkylation sites (tertiary alicyclic amines) is 1. The van der Waals surface area contributed by atoms with Crippen molar-refractivity contribution in [2.45, 2.75) is 52.5 Å². The molecule has 1 fully saturated rings. The smallest absolute Gasteiger partial charge is 0.137 e. The molecule has 0 saturated carbocycles. The van der Waals surface area contributed by atoms with Gasteiger partial charge in [0, 0.05) is 0 Å². The zero-order valence-corrected chi connectivity index (χ0v) is 9.25. The van der Waals surface area contributed by atoms with Gasteiger partial charge in [0.1, 0.15) is 6.29 Å². The van der Waals surface area contributed by atoms with E-state index in [1.807, 2.05) is 13.8 Å². The maximum absolute atomic E-state index is 10.6. The first-order chi connectivity index (χ1) is 6.38. The second-order valence-corrected chi connectivity index (χ2v) is 3.24. The fraction of sp³-hybridized carbons (Fsp3) is 0.909. The van der Waals surface area contributed by atoms with Gasteiger partial charge in [-0.2, -0.15) is 0 Å². The van der Waals surface area contributed by atoms with Gasteiger partial charge < -0.3 is 4.79 Å². The average Bonchev–Trinajstić information content (AvgIpc) is 2.22. The molecule has 0 aromatic rings. The van der Waals surface area contributed by atoms with Gasteiger partial charge in [0.25, 0.3) is 0 Å². The van der Waals surface area contributed by atoms with E-state index < -0.39 is 0 Å². The van der Waals surface area contributed by atoms with Crippen molar-refractivity contribution in [1.29, 1.82) is 0 Å². The number of hydrogen-bond acceptors (Lipinski definition) is 2. The minimum atomic E-state index is 0.226. The monoisotopic (exact) mass is 185 g/mol. The Morgan fingerprint density at radius 1 is 1.38 bits per heavy atom. The van der Waals surface area contributed by atoms with Crippen molar-refractivity contribution in [3.8, 4) is 0 Å². The van der Waals surface area contributed by atoms with E-state index in [2.05, 4.69) is 11.8 Å². The molecule has 0 aromatic carbocycles. The summed E-state index contributed by atoms with van der Waals surface area (Å²) in [5.74, 6) is 0. The number of nitrogens with zero attached hydrogens (tertiary/aromatic N) is 1. The Morgan fingerprint density at radius 2 is 2.08 bits per heavy atom. The predicted molar refractivity (Wildman–Crippen MR) is 56.9 cm³/mol. The Morgan fingerprint density at radius 3 is 2.62 bits per heavy atom. The van der Waals surface area contributed by atoms with Crippen LogP contribution in [0.4, 0.5) is 0 Å². The molecule has 0 bridgehead atoms. The van der Waals surface area contributed by atoms with Gasteiger partial charge in [-0.1, -0.05) is 27.2 Å². The summed E-state index contributed by atoms with van der Waals surface area (Å²) in [6.45, 7) is 8.37. The second-order valence-electron chi connectivity index (χ2n) is 3.24. The Hall–Kier alpha value is -0.370. The van der Waals surface area contributed by atoms with Gasteiger partial charge >= 0.3 is 0 Å². The van der Waals surface area contributed by atoms with Crippen LogP contribution in [0.25, 0.3) is 0 Å². The number of carbonyl (C=O) groups excluding carboxylic acids is 1. The lowest BCUT2D eigenvalue weighted by molar-refractivity contribution is -0.113. The van der Waals surface area contributed by atoms with Crippen molar-refractivity contribution in [2.24, 2.45) is 0 Å². The zero-order valence-electron chi connectivity index (χ0n) is 9.25. The summed E-state index contributed by atoms with van der Waals surface area (Å²) in [7, 11) is 0. The van der Waals surface area contributed by atoms with E-state index in [1.165, 1.54) is 12.8 Å². The van der Waals surface area contributed by atoms with Crippen LogP contribution in [0.3, 0.4) is 0 Å². The molecule has 0 aliphatic carbocycles. The lowest BCUT2D eigenvalue weighted by atomic mass is 10.0. The largest absolute Gasteiger partial charge is 0.302 e. The van der Waals surface area contributed by atoms with Gasteiger partial charge in [0.05, 0.1) is 6.04 Å². The summed E-state index contributed by atoms with van der Waals surface area (Å²) in [4.78, 5) is 12.9. The summed E-state index contributed by atoms with van der Waals surface area (Å²) in [5, 5.41) is 0. The zero-order chi connectivity index (χ0) is 10.1. The van der Waals surface area contributed by atoms with Crippen LogP contribution in [0, 0.1) is 0 Å². The van der Waals surface area contributed by atoms with Gasteiger partial charge in [-0.3, -0.25) is 4.90 Å². The topological polar surface area (TPSA) is 20.3 Å². The van der Waals surface area contributed by atoms with Crippen LogP contribution in [-0.2, 0) is 4.79 Å². The molecule has 1 aliphatic rings. The minimum absolute atomic E-state index is 0.226. The summed E-state index contributed by atoms with van der Waals surface area (Å²) < 4.78 is 0. The van der Waals surface area contributed by atoms with Crippen LogP contribution in [0.15, 0.2) is 0 Å². The fourth-order valence-corrected chi connectivity index (χ4v) is 1.74. The van der Waals surface area contributed by atoms with Crippen LogP contribution >= 0.6 is 0 Å². The second kappa shape index (κ2) is 8.24. The van der Waals surface area contributed by atoms with Crippen molar-refractivity contribution in [3.63, 3.8) is 0 Å². The molecule has 13 heavy (non-hydrogen) atoms.